The summed E-state index contributed by atoms with van der Waals surface area (Å²) in [6.45, 7) is 2.56. The standard InChI is InChI=1S/C14H17BrFN5/c15-11-2-1-10(7-12(11)16)13-18-14(20-19-13)21-5-3-9(8-17)4-6-21/h1-2,7,9H,3-6,8,17H2,(H,18,19,20). The molecule has 1 aliphatic heterocycles. The number of nitrogens with zero attached hydrogens (tertiary/aromatic N) is 3. The minimum Gasteiger partial charge on any atom is -0.340 e. The molecule has 1 fully saturated rings. The summed E-state index contributed by atoms with van der Waals surface area (Å²) in [5, 5.41) is 7.13. The fraction of sp³-hybridized carbons (Fsp3) is 0.429. The SMILES string of the molecule is NCC1CCN(c2n[nH]c(-c3ccc(Br)c(F)c3)n2)CC1. The van der Waals surface area contributed by atoms with Crippen molar-refractivity contribution >= 4 is 21.9 Å². The van der Waals surface area contributed by atoms with Crippen molar-refractivity contribution in [1.82, 2.24) is 15.2 Å². The third kappa shape index (κ3) is 3.08. The predicted molar refractivity (Wildman–Crippen MR) is 83.5 cm³/mol. The predicted octanol–water partition coefficient (Wildman–Crippen LogP) is 2.55. The lowest BCUT2D eigenvalue weighted by atomic mass is 9.97. The number of nitrogens with one attached hydrogen (secondary N) is 1. The van der Waals surface area contributed by atoms with Crippen molar-refractivity contribution in [2.24, 2.45) is 11.7 Å². The number of halogens is 2. The van der Waals surface area contributed by atoms with Gasteiger partial charge in [0, 0.05) is 18.7 Å². The van der Waals surface area contributed by atoms with Crippen molar-refractivity contribution in [2.45, 2.75) is 12.8 Å². The van der Waals surface area contributed by atoms with Gasteiger partial charge in [-0.15, -0.1) is 5.10 Å². The largest absolute Gasteiger partial charge is 0.340 e. The van der Waals surface area contributed by atoms with E-state index in [-0.39, 0.29) is 5.82 Å². The quantitative estimate of drug-likeness (QED) is 0.889. The number of piperidine rings is 1. The van der Waals surface area contributed by atoms with E-state index in [0.717, 1.165) is 32.5 Å². The number of rotatable bonds is 3. The van der Waals surface area contributed by atoms with E-state index in [9.17, 15) is 4.39 Å². The van der Waals surface area contributed by atoms with Gasteiger partial charge in [-0.2, -0.15) is 4.98 Å². The van der Waals surface area contributed by atoms with E-state index >= 15 is 0 Å². The molecule has 0 spiro atoms. The van der Waals surface area contributed by atoms with Crippen LogP contribution < -0.4 is 10.6 Å². The second kappa shape index (κ2) is 6.11. The van der Waals surface area contributed by atoms with Gasteiger partial charge in [-0.1, -0.05) is 0 Å². The highest BCUT2D eigenvalue weighted by Gasteiger charge is 2.21. The molecule has 0 atom stereocenters. The third-order valence-corrected chi connectivity index (χ3v) is 4.54. The lowest BCUT2D eigenvalue weighted by Gasteiger charge is -2.30. The number of anilines is 1. The van der Waals surface area contributed by atoms with E-state index in [2.05, 4.69) is 36.0 Å². The van der Waals surface area contributed by atoms with Gasteiger partial charge in [0.2, 0.25) is 5.95 Å². The van der Waals surface area contributed by atoms with Gasteiger partial charge in [0.15, 0.2) is 5.82 Å². The first-order valence-corrected chi connectivity index (χ1v) is 7.79. The Morgan fingerprint density at radius 3 is 2.81 bits per heavy atom. The third-order valence-electron chi connectivity index (χ3n) is 3.90. The monoisotopic (exact) mass is 353 g/mol. The molecular weight excluding hydrogens is 337 g/mol. The molecule has 0 saturated carbocycles. The molecule has 1 saturated heterocycles. The summed E-state index contributed by atoms with van der Waals surface area (Å²) in [5.41, 5.74) is 6.38. The summed E-state index contributed by atoms with van der Waals surface area (Å²) < 4.78 is 14.0. The van der Waals surface area contributed by atoms with Gasteiger partial charge in [-0.3, -0.25) is 5.10 Å². The maximum Gasteiger partial charge on any atom is 0.245 e. The zero-order valence-electron chi connectivity index (χ0n) is 11.5. The topological polar surface area (TPSA) is 70.8 Å². The molecule has 2 heterocycles. The Morgan fingerprint density at radius 1 is 1.38 bits per heavy atom. The zero-order chi connectivity index (χ0) is 14.8. The molecule has 1 aliphatic rings. The van der Waals surface area contributed by atoms with Crippen LogP contribution in [0.4, 0.5) is 10.3 Å². The highest BCUT2D eigenvalue weighted by Crippen LogP contribution is 2.25. The zero-order valence-corrected chi connectivity index (χ0v) is 13.1. The first-order valence-electron chi connectivity index (χ1n) is 7.00. The highest BCUT2D eigenvalue weighted by molar-refractivity contribution is 9.10. The highest BCUT2D eigenvalue weighted by atomic mass is 79.9. The Hall–Kier alpha value is -1.47. The molecule has 1 aromatic heterocycles. The summed E-state index contributed by atoms with van der Waals surface area (Å²) in [6, 6.07) is 4.91. The first kappa shape index (κ1) is 14.5. The number of aromatic amines is 1. The Labute approximate surface area is 130 Å². The summed E-state index contributed by atoms with van der Waals surface area (Å²) in [6.07, 6.45) is 2.13. The van der Waals surface area contributed by atoms with E-state index in [1.54, 1.807) is 12.1 Å². The summed E-state index contributed by atoms with van der Waals surface area (Å²) in [5.74, 6) is 1.54. The summed E-state index contributed by atoms with van der Waals surface area (Å²) >= 11 is 3.14. The molecule has 0 aliphatic carbocycles. The van der Waals surface area contributed by atoms with Crippen molar-refractivity contribution in [1.29, 1.82) is 0 Å². The van der Waals surface area contributed by atoms with E-state index in [0.29, 0.717) is 27.7 Å². The van der Waals surface area contributed by atoms with Crippen LogP contribution >= 0.6 is 15.9 Å². The lowest BCUT2D eigenvalue weighted by Crippen LogP contribution is -2.36. The van der Waals surface area contributed by atoms with Crippen LogP contribution in [0.3, 0.4) is 0 Å². The number of H-pyrrole nitrogens is 1. The number of hydrogen-bond acceptors (Lipinski definition) is 4. The molecule has 0 bridgehead atoms. The van der Waals surface area contributed by atoms with E-state index in [1.165, 1.54) is 6.07 Å². The van der Waals surface area contributed by atoms with Crippen LogP contribution in [0.25, 0.3) is 11.4 Å². The maximum atomic E-state index is 13.6. The van der Waals surface area contributed by atoms with Crippen LogP contribution in [0.5, 0.6) is 0 Å². The minimum absolute atomic E-state index is 0.311. The van der Waals surface area contributed by atoms with Crippen molar-refractivity contribution in [3.63, 3.8) is 0 Å². The van der Waals surface area contributed by atoms with Crippen LogP contribution in [-0.4, -0.2) is 34.8 Å². The van der Waals surface area contributed by atoms with E-state index < -0.39 is 0 Å². The molecule has 1 aromatic carbocycles. The van der Waals surface area contributed by atoms with Crippen LogP contribution in [0.15, 0.2) is 22.7 Å². The molecule has 5 nitrogen and oxygen atoms in total. The molecule has 3 rings (SSSR count). The number of aromatic nitrogens is 3. The first-order chi connectivity index (χ1) is 10.2. The Bertz CT molecular complexity index is 622. The fourth-order valence-corrected chi connectivity index (χ4v) is 2.78. The molecule has 7 heteroatoms. The second-order valence-electron chi connectivity index (χ2n) is 5.28. The average molecular weight is 354 g/mol. The van der Waals surface area contributed by atoms with E-state index in [1.807, 2.05) is 0 Å². The van der Waals surface area contributed by atoms with Crippen molar-refractivity contribution in [3.8, 4) is 11.4 Å². The van der Waals surface area contributed by atoms with Gasteiger partial charge in [0.05, 0.1) is 4.47 Å². The number of hydrogen-bond donors (Lipinski definition) is 2. The van der Waals surface area contributed by atoms with Crippen LogP contribution in [-0.2, 0) is 0 Å². The van der Waals surface area contributed by atoms with Gasteiger partial charge < -0.3 is 10.6 Å². The van der Waals surface area contributed by atoms with Crippen molar-refractivity contribution in [3.05, 3.63) is 28.5 Å². The van der Waals surface area contributed by atoms with Crippen LogP contribution in [0.2, 0.25) is 0 Å². The number of benzene rings is 1. The van der Waals surface area contributed by atoms with Gasteiger partial charge in [-0.05, 0) is 59.4 Å². The van der Waals surface area contributed by atoms with Gasteiger partial charge in [0.25, 0.3) is 0 Å². The van der Waals surface area contributed by atoms with Crippen LogP contribution in [0, 0.1) is 11.7 Å². The number of nitrogens with two attached hydrogens (primary N) is 1. The van der Waals surface area contributed by atoms with E-state index in [4.69, 9.17) is 5.73 Å². The Balaban J connectivity index is 1.76. The minimum atomic E-state index is -0.311. The molecule has 21 heavy (non-hydrogen) atoms. The molecule has 0 unspecified atom stereocenters. The van der Waals surface area contributed by atoms with Gasteiger partial charge >= 0.3 is 0 Å². The summed E-state index contributed by atoms with van der Waals surface area (Å²) in [4.78, 5) is 6.61. The van der Waals surface area contributed by atoms with Gasteiger partial charge in [0.1, 0.15) is 5.82 Å². The molecule has 0 radical (unpaired) electrons. The Kier molecular flexibility index (Phi) is 4.21. The van der Waals surface area contributed by atoms with Gasteiger partial charge in [-0.25, -0.2) is 4.39 Å². The molecule has 0 amide bonds. The smallest absolute Gasteiger partial charge is 0.245 e. The maximum absolute atomic E-state index is 13.6. The average Bonchev–Trinajstić information content (AvgIpc) is 3.00. The van der Waals surface area contributed by atoms with Crippen molar-refractivity contribution < 1.29 is 4.39 Å². The molecular formula is C14H17BrFN5. The fourth-order valence-electron chi connectivity index (χ4n) is 2.54. The molecule has 2 aromatic rings. The van der Waals surface area contributed by atoms with Crippen LogP contribution in [0.1, 0.15) is 12.8 Å². The molecule has 112 valence electrons. The lowest BCUT2D eigenvalue weighted by molar-refractivity contribution is 0.411. The second-order valence-corrected chi connectivity index (χ2v) is 6.13. The van der Waals surface area contributed by atoms with Crippen molar-refractivity contribution in [2.75, 3.05) is 24.5 Å². The normalized spacial score (nSPS) is 16.4. The summed E-state index contributed by atoms with van der Waals surface area (Å²) in [7, 11) is 0. The molecule has 3 N–H and O–H groups in total. The Morgan fingerprint density at radius 2 is 2.14 bits per heavy atom.